The minimum atomic E-state index is -0.497. The molecule has 0 fully saturated rings. The van der Waals surface area contributed by atoms with Crippen LogP contribution in [-0.4, -0.2) is 14.9 Å². The Bertz CT molecular complexity index is 1250. The number of aromatic nitrogens is 2. The third kappa shape index (κ3) is 5.45. The molecular formula is C22H15ClN6O2S. The molecule has 3 aromatic carbocycles. The number of nitro groups is 1. The molecule has 4 aromatic rings. The van der Waals surface area contributed by atoms with Crippen LogP contribution in [0.25, 0.3) is 0 Å². The van der Waals surface area contributed by atoms with Crippen LogP contribution >= 0.6 is 23.4 Å². The number of benzene rings is 3. The molecule has 0 aliphatic heterocycles. The zero-order valence-corrected chi connectivity index (χ0v) is 18.0. The number of halogens is 1. The molecule has 158 valence electrons. The first-order valence-corrected chi connectivity index (χ1v) is 10.5. The normalized spacial score (nSPS) is 10.9. The molecule has 1 N–H and O–H groups in total. The second kappa shape index (κ2) is 9.99. The van der Waals surface area contributed by atoms with E-state index in [0.29, 0.717) is 16.4 Å². The predicted molar refractivity (Wildman–Crippen MR) is 125 cm³/mol. The lowest BCUT2D eigenvalue weighted by atomic mass is 10.3. The summed E-state index contributed by atoms with van der Waals surface area (Å²) in [6.45, 7) is 0. The van der Waals surface area contributed by atoms with Crippen LogP contribution in [0.15, 0.2) is 105 Å². The first-order chi connectivity index (χ1) is 15.6. The Morgan fingerprint density at radius 1 is 0.875 bits per heavy atom. The van der Waals surface area contributed by atoms with Gasteiger partial charge in [-0.3, -0.25) is 10.1 Å². The summed E-state index contributed by atoms with van der Waals surface area (Å²) in [6, 6.07) is 23.4. The fourth-order valence-corrected chi connectivity index (χ4v) is 3.66. The van der Waals surface area contributed by atoms with Gasteiger partial charge in [0.2, 0.25) is 5.82 Å². The molecule has 32 heavy (non-hydrogen) atoms. The van der Waals surface area contributed by atoms with Crippen molar-refractivity contribution in [3.05, 3.63) is 100 Å². The van der Waals surface area contributed by atoms with Gasteiger partial charge in [-0.2, -0.15) is 10.2 Å². The number of rotatable bonds is 7. The number of nitrogens with zero attached hydrogens (tertiary/aromatic N) is 5. The first kappa shape index (κ1) is 21.4. The van der Waals surface area contributed by atoms with Crippen LogP contribution in [0.2, 0.25) is 5.02 Å². The van der Waals surface area contributed by atoms with E-state index in [9.17, 15) is 10.1 Å². The maximum Gasteiger partial charge on any atom is 0.343 e. The van der Waals surface area contributed by atoms with E-state index >= 15 is 0 Å². The average Bonchev–Trinajstić information content (AvgIpc) is 2.81. The summed E-state index contributed by atoms with van der Waals surface area (Å²) < 4.78 is 0. The first-order valence-electron chi connectivity index (χ1n) is 9.35. The molecule has 4 rings (SSSR count). The monoisotopic (exact) mass is 462 g/mol. The van der Waals surface area contributed by atoms with Crippen molar-refractivity contribution in [3.8, 4) is 0 Å². The standard InChI is InChI=1S/C22H15ClN6O2S/c23-15-6-12-19(13-7-15)32-22-20(29(30)31)21(24-14-25-22)26-16-8-10-18(11-9-16)28-27-17-4-2-1-3-5-17/h1-14H,(H,24,25,26). The summed E-state index contributed by atoms with van der Waals surface area (Å²) in [5, 5.41) is 23.9. The second-order valence-electron chi connectivity index (χ2n) is 6.40. The highest BCUT2D eigenvalue weighted by Crippen LogP contribution is 2.37. The van der Waals surface area contributed by atoms with Gasteiger partial charge in [-0.25, -0.2) is 9.97 Å². The molecule has 0 saturated heterocycles. The maximum atomic E-state index is 11.8. The third-order valence-electron chi connectivity index (χ3n) is 4.17. The Morgan fingerprint density at radius 2 is 1.53 bits per heavy atom. The third-order valence-corrected chi connectivity index (χ3v) is 5.42. The number of anilines is 2. The van der Waals surface area contributed by atoms with Crippen LogP contribution < -0.4 is 5.32 Å². The van der Waals surface area contributed by atoms with Crippen molar-refractivity contribution < 1.29 is 4.92 Å². The molecule has 0 aliphatic carbocycles. The van der Waals surface area contributed by atoms with Gasteiger partial charge in [0.25, 0.3) is 0 Å². The Morgan fingerprint density at radius 3 is 2.19 bits per heavy atom. The lowest BCUT2D eigenvalue weighted by Crippen LogP contribution is -2.02. The zero-order chi connectivity index (χ0) is 22.3. The quantitative estimate of drug-likeness (QED) is 0.133. The van der Waals surface area contributed by atoms with Gasteiger partial charge in [0, 0.05) is 15.6 Å². The van der Waals surface area contributed by atoms with Crippen molar-refractivity contribution in [1.29, 1.82) is 0 Å². The summed E-state index contributed by atoms with van der Waals surface area (Å²) in [6.07, 6.45) is 1.29. The summed E-state index contributed by atoms with van der Waals surface area (Å²) >= 11 is 7.07. The number of azo groups is 1. The Balaban J connectivity index is 1.54. The van der Waals surface area contributed by atoms with Crippen LogP contribution in [-0.2, 0) is 0 Å². The highest BCUT2D eigenvalue weighted by atomic mass is 35.5. The molecule has 0 unspecified atom stereocenters. The van der Waals surface area contributed by atoms with Gasteiger partial charge in [0.15, 0.2) is 5.03 Å². The SMILES string of the molecule is O=[N+]([O-])c1c(Nc2ccc(N=Nc3ccccc3)cc2)ncnc1Sc1ccc(Cl)cc1. The van der Waals surface area contributed by atoms with Gasteiger partial charge in [0.05, 0.1) is 16.3 Å². The van der Waals surface area contributed by atoms with Crippen molar-refractivity contribution in [2.24, 2.45) is 10.2 Å². The largest absolute Gasteiger partial charge is 0.343 e. The molecule has 0 radical (unpaired) electrons. The van der Waals surface area contributed by atoms with E-state index in [2.05, 4.69) is 25.5 Å². The minimum Gasteiger partial charge on any atom is -0.334 e. The van der Waals surface area contributed by atoms with E-state index < -0.39 is 4.92 Å². The molecule has 0 saturated carbocycles. The molecule has 1 heterocycles. The van der Waals surface area contributed by atoms with Crippen molar-refractivity contribution in [1.82, 2.24) is 9.97 Å². The number of hydrogen-bond acceptors (Lipinski definition) is 8. The van der Waals surface area contributed by atoms with Gasteiger partial charge in [-0.15, -0.1) is 0 Å². The molecular weight excluding hydrogens is 448 g/mol. The van der Waals surface area contributed by atoms with Crippen molar-refractivity contribution in [2.75, 3.05) is 5.32 Å². The van der Waals surface area contributed by atoms with Gasteiger partial charge in [-0.05, 0) is 60.7 Å². The fourth-order valence-electron chi connectivity index (χ4n) is 2.67. The van der Waals surface area contributed by atoms with Crippen LogP contribution in [0.5, 0.6) is 0 Å². The lowest BCUT2D eigenvalue weighted by molar-refractivity contribution is -0.387. The molecule has 0 bridgehead atoms. The van der Waals surface area contributed by atoms with E-state index in [4.69, 9.17) is 11.6 Å². The van der Waals surface area contributed by atoms with Crippen LogP contribution in [0.3, 0.4) is 0 Å². The highest BCUT2D eigenvalue weighted by molar-refractivity contribution is 7.99. The van der Waals surface area contributed by atoms with Crippen LogP contribution in [0.4, 0.5) is 28.6 Å². The molecule has 1 aromatic heterocycles. The van der Waals surface area contributed by atoms with Crippen LogP contribution in [0.1, 0.15) is 0 Å². The zero-order valence-electron chi connectivity index (χ0n) is 16.4. The second-order valence-corrected chi connectivity index (χ2v) is 7.90. The van der Waals surface area contributed by atoms with Crippen molar-refractivity contribution in [3.63, 3.8) is 0 Å². The Hall–Kier alpha value is -3.82. The fraction of sp³-hybridized carbons (Fsp3) is 0. The molecule has 0 aliphatic rings. The molecule has 0 atom stereocenters. The minimum absolute atomic E-state index is 0.0973. The highest BCUT2D eigenvalue weighted by Gasteiger charge is 2.24. The topological polar surface area (TPSA) is 106 Å². The molecule has 10 heteroatoms. The lowest BCUT2D eigenvalue weighted by Gasteiger charge is -2.08. The van der Waals surface area contributed by atoms with Crippen molar-refractivity contribution >= 4 is 51.9 Å². The van der Waals surface area contributed by atoms with E-state index in [0.717, 1.165) is 22.3 Å². The van der Waals surface area contributed by atoms with E-state index in [1.54, 1.807) is 48.5 Å². The van der Waals surface area contributed by atoms with Crippen molar-refractivity contribution in [2.45, 2.75) is 9.92 Å². The number of nitrogens with one attached hydrogen (secondary N) is 1. The van der Waals surface area contributed by atoms with E-state index in [1.165, 1.54) is 6.33 Å². The summed E-state index contributed by atoms with van der Waals surface area (Å²) in [7, 11) is 0. The van der Waals surface area contributed by atoms with Gasteiger partial charge in [0.1, 0.15) is 6.33 Å². The van der Waals surface area contributed by atoms with Gasteiger partial charge < -0.3 is 5.32 Å². The molecule has 8 nitrogen and oxygen atoms in total. The maximum absolute atomic E-state index is 11.8. The summed E-state index contributed by atoms with van der Waals surface area (Å²) in [5.74, 6) is 0.0973. The van der Waals surface area contributed by atoms with E-state index in [1.807, 2.05) is 30.3 Å². The molecule has 0 amide bonds. The van der Waals surface area contributed by atoms with Crippen LogP contribution in [0, 0.1) is 10.1 Å². The summed E-state index contributed by atoms with van der Waals surface area (Å²) in [4.78, 5) is 20.2. The molecule has 0 spiro atoms. The predicted octanol–water partition coefficient (Wildman–Crippen LogP) is 7.35. The Kier molecular flexibility index (Phi) is 6.69. The average molecular weight is 463 g/mol. The summed E-state index contributed by atoms with van der Waals surface area (Å²) in [5.41, 5.74) is 1.81. The Labute approximate surface area is 192 Å². The van der Waals surface area contributed by atoms with Gasteiger partial charge in [-0.1, -0.05) is 41.6 Å². The number of hydrogen-bond donors (Lipinski definition) is 1. The smallest absolute Gasteiger partial charge is 0.334 e. The van der Waals surface area contributed by atoms with E-state index in [-0.39, 0.29) is 16.5 Å². The van der Waals surface area contributed by atoms with Gasteiger partial charge >= 0.3 is 5.69 Å².